The lowest BCUT2D eigenvalue weighted by Gasteiger charge is -2.34. The average molecular weight is 348 g/mol. The van der Waals surface area contributed by atoms with Gasteiger partial charge < -0.3 is 19.1 Å². The summed E-state index contributed by atoms with van der Waals surface area (Å²) in [5, 5.41) is 12.2. The predicted octanol–water partition coefficient (Wildman–Crippen LogP) is 2.30. The van der Waals surface area contributed by atoms with Gasteiger partial charge in [-0.3, -0.25) is 0 Å². The summed E-state index contributed by atoms with van der Waals surface area (Å²) in [6, 6.07) is 1.62. The standard InChI is InChI=1S/C17H18ClN3O3/c1-5-17(22)8-11(12-16(17,4)24-15(2,3)23-12)21-7-6-10-13(18)19-9-20-14(10)21/h1,6-7,9,11-12,22H,8H2,2-4H3/t11-,12+,16+,17-/m1/s1. The van der Waals surface area contributed by atoms with Crippen LogP contribution in [0.1, 0.15) is 33.2 Å². The van der Waals surface area contributed by atoms with Gasteiger partial charge in [-0.05, 0) is 26.8 Å². The Hall–Kier alpha value is -1.65. The summed E-state index contributed by atoms with van der Waals surface area (Å²) in [6.45, 7) is 5.44. The van der Waals surface area contributed by atoms with Crippen molar-refractivity contribution in [2.24, 2.45) is 0 Å². The first-order valence-electron chi connectivity index (χ1n) is 7.76. The first-order chi connectivity index (χ1) is 11.2. The van der Waals surface area contributed by atoms with Crippen LogP contribution < -0.4 is 0 Å². The number of halogens is 1. The molecule has 0 bridgehead atoms. The molecular weight excluding hydrogens is 330 g/mol. The largest absolute Gasteiger partial charge is 0.374 e. The van der Waals surface area contributed by atoms with Gasteiger partial charge in [-0.1, -0.05) is 17.5 Å². The third-order valence-electron chi connectivity index (χ3n) is 5.14. The van der Waals surface area contributed by atoms with E-state index in [0.29, 0.717) is 17.2 Å². The maximum atomic E-state index is 11.0. The highest BCUT2D eigenvalue weighted by molar-refractivity contribution is 6.33. The molecule has 126 valence electrons. The van der Waals surface area contributed by atoms with Crippen LogP contribution in [0.15, 0.2) is 18.6 Å². The van der Waals surface area contributed by atoms with Crippen LogP contribution in [0.25, 0.3) is 11.0 Å². The summed E-state index contributed by atoms with van der Waals surface area (Å²) in [5.74, 6) is 1.68. The van der Waals surface area contributed by atoms with Gasteiger partial charge in [-0.2, -0.15) is 0 Å². The van der Waals surface area contributed by atoms with Crippen LogP contribution >= 0.6 is 11.6 Å². The molecular formula is C17H18ClN3O3. The molecule has 0 amide bonds. The molecule has 2 fully saturated rings. The number of hydrogen-bond donors (Lipinski definition) is 1. The van der Waals surface area contributed by atoms with Crippen LogP contribution in [-0.4, -0.2) is 42.7 Å². The first-order valence-corrected chi connectivity index (χ1v) is 8.14. The molecule has 6 nitrogen and oxygen atoms in total. The van der Waals surface area contributed by atoms with Gasteiger partial charge in [0, 0.05) is 12.6 Å². The van der Waals surface area contributed by atoms with Crippen molar-refractivity contribution in [3.8, 4) is 12.3 Å². The quantitative estimate of drug-likeness (QED) is 0.633. The molecule has 0 unspecified atom stereocenters. The minimum atomic E-state index is -1.44. The summed E-state index contributed by atoms with van der Waals surface area (Å²) in [6.07, 6.45) is 8.82. The Morgan fingerprint density at radius 2 is 2.17 bits per heavy atom. The molecule has 2 aromatic heterocycles. The number of nitrogens with zero attached hydrogens (tertiary/aromatic N) is 3. The molecule has 1 saturated heterocycles. The number of fused-ring (bicyclic) bond motifs is 2. The number of terminal acetylenes is 1. The maximum Gasteiger partial charge on any atom is 0.164 e. The zero-order valence-corrected chi connectivity index (χ0v) is 14.4. The zero-order valence-electron chi connectivity index (χ0n) is 13.7. The van der Waals surface area contributed by atoms with E-state index in [2.05, 4.69) is 15.9 Å². The summed E-state index contributed by atoms with van der Waals surface area (Å²) in [5.41, 5.74) is -1.77. The van der Waals surface area contributed by atoms with Gasteiger partial charge >= 0.3 is 0 Å². The second-order valence-electron chi connectivity index (χ2n) is 7.05. The second kappa shape index (κ2) is 4.70. The van der Waals surface area contributed by atoms with Crippen molar-refractivity contribution in [1.29, 1.82) is 0 Å². The SMILES string of the molecule is C#C[C@@]1(O)C[C@@H](n2ccc3c(Cl)ncnc32)[C@@H]2OC(C)(C)O[C@@]21C. The fourth-order valence-electron chi connectivity index (χ4n) is 4.04. The summed E-state index contributed by atoms with van der Waals surface area (Å²) < 4.78 is 14.1. The van der Waals surface area contributed by atoms with Crippen LogP contribution in [0.2, 0.25) is 5.15 Å². The van der Waals surface area contributed by atoms with E-state index < -0.39 is 23.1 Å². The lowest BCUT2D eigenvalue weighted by molar-refractivity contribution is -0.197. The monoisotopic (exact) mass is 347 g/mol. The maximum absolute atomic E-state index is 11.0. The minimum Gasteiger partial charge on any atom is -0.374 e. The fraction of sp³-hybridized carbons (Fsp3) is 0.529. The van der Waals surface area contributed by atoms with Gasteiger partial charge in [-0.15, -0.1) is 6.42 Å². The summed E-state index contributed by atoms with van der Waals surface area (Å²) in [4.78, 5) is 8.33. The molecule has 7 heteroatoms. The normalized spacial score (nSPS) is 37.5. The first kappa shape index (κ1) is 15.9. The molecule has 4 atom stereocenters. The van der Waals surface area contributed by atoms with E-state index in [4.69, 9.17) is 27.5 Å². The topological polar surface area (TPSA) is 69.4 Å². The Labute approximate surface area is 144 Å². The predicted molar refractivity (Wildman–Crippen MR) is 88.4 cm³/mol. The van der Waals surface area contributed by atoms with Crippen LogP contribution in [0, 0.1) is 12.3 Å². The van der Waals surface area contributed by atoms with Gasteiger partial charge in [0.15, 0.2) is 11.4 Å². The van der Waals surface area contributed by atoms with E-state index in [0.717, 1.165) is 5.39 Å². The number of aliphatic hydroxyl groups is 1. The number of rotatable bonds is 1. The molecule has 0 radical (unpaired) electrons. The van der Waals surface area contributed by atoms with Gasteiger partial charge in [0.1, 0.15) is 28.8 Å². The summed E-state index contributed by atoms with van der Waals surface area (Å²) >= 11 is 6.14. The molecule has 1 aliphatic heterocycles. The van der Waals surface area contributed by atoms with Crippen molar-refractivity contribution in [3.63, 3.8) is 0 Å². The van der Waals surface area contributed by atoms with E-state index in [1.54, 1.807) is 6.92 Å². The highest BCUT2D eigenvalue weighted by Crippen LogP contribution is 2.56. The lowest BCUT2D eigenvalue weighted by atomic mass is 9.87. The van der Waals surface area contributed by atoms with Crippen molar-refractivity contribution < 1.29 is 14.6 Å². The average Bonchev–Trinajstić information content (AvgIpc) is 3.10. The lowest BCUT2D eigenvalue weighted by Crippen LogP contribution is -2.52. The van der Waals surface area contributed by atoms with Gasteiger partial charge in [0.25, 0.3) is 0 Å². The third-order valence-corrected chi connectivity index (χ3v) is 5.44. The summed E-state index contributed by atoms with van der Waals surface area (Å²) in [7, 11) is 0. The molecule has 2 aliphatic rings. The molecule has 3 heterocycles. The third kappa shape index (κ3) is 1.90. The zero-order chi connectivity index (χ0) is 17.3. The molecule has 24 heavy (non-hydrogen) atoms. The second-order valence-corrected chi connectivity index (χ2v) is 7.41. The Bertz CT molecular complexity index is 874. The Morgan fingerprint density at radius 1 is 1.42 bits per heavy atom. The van der Waals surface area contributed by atoms with E-state index in [1.807, 2.05) is 30.7 Å². The minimum absolute atomic E-state index is 0.235. The van der Waals surface area contributed by atoms with E-state index in [-0.39, 0.29) is 6.04 Å². The Kier molecular flexibility index (Phi) is 3.11. The smallest absolute Gasteiger partial charge is 0.164 e. The molecule has 0 aromatic carbocycles. The fourth-order valence-corrected chi connectivity index (χ4v) is 4.23. The molecule has 4 rings (SSSR count). The van der Waals surface area contributed by atoms with Gasteiger partial charge in [0.2, 0.25) is 0 Å². The number of aromatic nitrogens is 3. The van der Waals surface area contributed by atoms with Crippen molar-refractivity contribution in [2.75, 3.05) is 0 Å². The van der Waals surface area contributed by atoms with Crippen LogP contribution in [-0.2, 0) is 9.47 Å². The van der Waals surface area contributed by atoms with E-state index in [1.165, 1.54) is 6.33 Å². The number of ether oxygens (including phenoxy) is 2. The van der Waals surface area contributed by atoms with Crippen LogP contribution in [0.4, 0.5) is 0 Å². The van der Waals surface area contributed by atoms with Crippen molar-refractivity contribution in [1.82, 2.24) is 14.5 Å². The highest BCUT2D eigenvalue weighted by Gasteiger charge is 2.69. The molecule has 0 spiro atoms. The van der Waals surface area contributed by atoms with Crippen molar-refractivity contribution >= 4 is 22.6 Å². The van der Waals surface area contributed by atoms with Crippen LogP contribution in [0.5, 0.6) is 0 Å². The highest BCUT2D eigenvalue weighted by atomic mass is 35.5. The molecule has 2 aromatic rings. The molecule has 1 N–H and O–H groups in total. The van der Waals surface area contributed by atoms with E-state index >= 15 is 0 Å². The Balaban J connectivity index is 1.87. The molecule has 1 saturated carbocycles. The van der Waals surface area contributed by atoms with Gasteiger partial charge in [0.05, 0.1) is 11.4 Å². The number of hydrogen-bond acceptors (Lipinski definition) is 5. The van der Waals surface area contributed by atoms with Crippen LogP contribution in [0.3, 0.4) is 0 Å². The van der Waals surface area contributed by atoms with Gasteiger partial charge in [-0.25, -0.2) is 9.97 Å². The van der Waals surface area contributed by atoms with Crippen molar-refractivity contribution in [3.05, 3.63) is 23.7 Å². The van der Waals surface area contributed by atoms with E-state index in [9.17, 15) is 5.11 Å². The Morgan fingerprint density at radius 3 is 2.88 bits per heavy atom. The molecule has 1 aliphatic carbocycles. The van der Waals surface area contributed by atoms with Crippen molar-refractivity contribution in [2.45, 2.75) is 56.3 Å².